The first-order valence-electron chi connectivity index (χ1n) is 3.68. The van der Waals surface area contributed by atoms with Gasteiger partial charge in [0.05, 0.1) is 5.56 Å². The summed E-state index contributed by atoms with van der Waals surface area (Å²) in [6, 6.07) is 1.82. The van der Waals surface area contributed by atoms with Crippen LogP contribution >= 0.6 is 0 Å². The molecule has 0 aliphatic carbocycles. The number of hydrogen-bond acceptors (Lipinski definition) is 3. The molecule has 1 rings (SSSR count). The maximum atomic E-state index is 13.1. The van der Waals surface area contributed by atoms with Crippen LogP contribution < -0.4 is 4.74 Å². The molecule has 1 aromatic carbocycles. The lowest BCUT2D eigenvalue weighted by Crippen LogP contribution is -2.06. The molecule has 0 heterocycles. The van der Waals surface area contributed by atoms with E-state index in [1.54, 1.807) is 0 Å². The average Bonchev–Trinajstić information content (AvgIpc) is 2.12. The molecule has 0 unspecified atom stereocenters. The lowest BCUT2D eigenvalue weighted by molar-refractivity contribution is -0.132. The summed E-state index contributed by atoms with van der Waals surface area (Å²) in [5.74, 6) is -3.90. The zero-order chi connectivity index (χ0) is 10.7. The van der Waals surface area contributed by atoms with Crippen molar-refractivity contribution in [3.8, 4) is 5.75 Å². The van der Waals surface area contributed by atoms with Gasteiger partial charge >= 0.3 is 5.97 Å². The van der Waals surface area contributed by atoms with Crippen molar-refractivity contribution in [2.75, 3.05) is 0 Å². The van der Waals surface area contributed by atoms with Crippen molar-refractivity contribution in [2.45, 2.75) is 6.92 Å². The smallest absolute Gasteiger partial charge is 0.308 e. The zero-order valence-electron chi connectivity index (χ0n) is 7.21. The monoisotopic (exact) mass is 200 g/mol. The quantitative estimate of drug-likeness (QED) is 0.414. The first-order chi connectivity index (χ1) is 6.56. The topological polar surface area (TPSA) is 43.4 Å². The molecule has 0 amide bonds. The molecule has 5 heteroatoms. The van der Waals surface area contributed by atoms with E-state index in [0.717, 1.165) is 19.1 Å². The van der Waals surface area contributed by atoms with Gasteiger partial charge in [-0.3, -0.25) is 9.59 Å². The Bertz CT molecular complexity index is 388. The highest BCUT2D eigenvalue weighted by molar-refractivity contribution is 5.77. The number of benzene rings is 1. The van der Waals surface area contributed by atoms with E-state index < -0.39 is 23.4 Å². The van der Waals surface area contributed by atoms with E-state index in [-0.39, 0.29) is 11.8 Å². The Balaban J connectivity index is 3.24. The molecular weight excluding hydrogens is 194 g/mol. The summed E-state index contributed by atoms with van der Waals surface area (Å²) in [4.78, 5) is 20.7. The fourth-order valence-corrected chi connectivity index (χ4v) is 0.876. The predicted molar refractivity (Wildman–Crippen MR) is 43.1 cm³/mol. The minimum Gasteiger partial charge on any atom is -0.420 e. The van der Waals surface area contributed by atoms with E-state index in [2.05, 4.69) is 4.74 Å². The molecule has 3 nitrogen and oxygen atoms in total. The summed E-state index contributed by atoms with van der Waals surface area (Å²) in [5, 5.41) is 0. The largest absolute Gasteiger partial charge is 0.420 e. The summed E-state index contributed by atoms with van der Waals surface area (Å²) in [7, 11) is 0. The molecule has 0 aliphatic rings. The molecule has 0 atom stereocenters. The predicted octanol–water partition coefficient (Wildman–Crippen LogP) is 1.70. The summed E-state index contributed by atoms with van der Waals surface area (Å²) in [6.45, 7) is 1.01. The van der Waals surface area contributed by atoms with Crippen LogP contribution in [-0.4, -0.2) is 12.3 Å². The Morgan fingerprint density at radius 1 is 1.43 bits per heavy atom. The van der Waals surface area contributed by atoms with Gasteiger partial charge in [-0.05, 0) is 12.1 Å². The maximum Gasteiger partial charge on any atom is 0.308 e. The van der Waals surface area contributed by atoms with Gasteiger partial charge in [0.2, 0.25) is 5.75 Å². The highest BCUT2D eigenvalue weighted by Crippen LogP contribution is 2.23. The van der Waals surface area contributed by atoms with Crippen LogP contribution in [0.2, 0.25) is 0 Å². The van der Waals surface area contributed by atoms with Crippen molar-refractivity contribution in [3.05, 3.63) is 29.3 Å². The minimum absolute atomic E-state index is 0.210. The third-order valence-electron chi connectivity index (χ3n) is 1.45. The van der Waals surface area contributed by atoms with Crippen LogP contribution in [0.1, 0.15) is 17.3 Å². The normalized spacial score (nSPS) is 9.64. The third kappa shape index (κ3) is 1.93. The Hall–Kier alpha value is -1.78. The van der Waals surface area contributed by atoms with Crippen LogP contribution in [0.4, 0.5) is 8.78 Å². The van der Waals surface area contributed by atoms with Gasteiger partial charge in [-0.25, -0.2) is 8.78 Å². The summed E-state index contributed by atoms with van der Waals surface area (Å²) >= 11 is 0. The Morgan fingerprint density at radius 3 is 2.57 bits per heavy atom. The van der Waals surface area contributed by atoms with E-state index in [1.165, 1.54) is 0 Å². The molecular formula is C9H6F2O3. The molecule has 0 aliphatic heterocycles. The highest BCUT2D eigenvalue weighted by atomic mass is 19.1. The van der Waals surface area contributed by atoms with Crippen LogP contribution in [0.3, 0.4) is 0 Å². The number of esters is 1. The second kappa shape index (κ2) is 3.95. The molecule has 1 aromatic rings. The second-order valence-electron chi connectivity index (χ2n) is 2.49. The van der Waals surface area contributed by atoms with Gasteiger partial charge in [-0.2, -0.15) is 0 Å². The van der Waals surface area contributed by atoms with Gasteiger partial charge in [0, 0.05) is 6.92 Å². The number of carbonyl (C=O) groups is 2. The molecule has 0 radical (unpaired) electrons. The fraction of sp³-hybridized carbons (Fsp3) is 0.111. The first kappa shape index (κ1) is 10.3. The standard InChI is InChI=1S/C9H6F2O3/c1-5(13)14-9-7(10)3-2-6(4-12)8(9)11/h2-4H,1H3. The Kier molecular flexibility index (Phi) is 2.91. The molecule has 0 spiro atoms. The van der Waals surface area contributed by atoms with Crippen molar-refractivity contribution in [2.24, 2.45) is 0 Å². The van der Waals surface area contributed by atoms with E-state index in [1.807, 2.05) is 0 Å². The number of carbonyl (C=O) groups excluding carboxylic acids is 2. The number of halogens is 2. The minimum atomic E-state index is -1.17. The van der Waals surface area contributed by atoms with Crippen molar-refractivity contribution in [1.82, 2.24) is 0 Å². The number of rotatable bonds is 2. The van der Waals surface area contributed by atoms with Crippen molar-refractivity contribution in [3.63, 3.8) is 0 Å². The average molecular weight is 200 g/mol. The first-order valence-corrected chi connectivity index (χ1v) is 3.68. The van der Waals surface area contributed by atoms with E-state index in [4.69, 9.17) is 0 Å². The van der Waals surface area contributed by atoms with Gasteiger partial charge in [0.25, 0.3) is 0 Å². The van der Waals surface area contributed by atoms with Gasteiger partial charge in [0.1, 0.15) is 0 Å². The van der Waals surface area contributed by atoms with Gasteiger partial charge < -0.3 is 4.74 Å². The molecule has 0 saturated carbocycles. The van der Waals surface area contributed by atoms with Gasteiger partial charge in [-0.1, -0.05) is 0 Å². The van der Waals surface area contributed by atoms with Crippen molar-refractivity contribution >= 4 is 12.3 Å². The van der Waals surface area contributed by atoms with Crippen LogP contribution in [0.15, 0.2) is 12.1 Å². The lowest BCUT2D eigenvalue weighted by Gasteiger charge is -2.04. The Labute approximate surface area is 78.3 Å². The van der Waals surface area contributed by atoms with Crippen LogP contribution in [0, 0.1) is 11.6 Å². The van der Waals surface area contributed by atoms with Gasteiger partial charge in [0.15, 0.2) is 17.9 Å². The van der Waals surface area contributed by atoms with Crippen molar-refractivity contribution in [1.29, 1.82) is 0 Å². The van der Waals surface area contributed by atoms with Crippen LogP contribution in [0.25, 0.3) is 0 Å². The van der Waals surface area contributed by atoms with Gasteiger partial charge in [-0.15, -0.1) is 0 Å². The molecule has 14 heavy (non-hydrogen) atoms. The third-order valence-corrected chi connectivity index (χ3v) is 1.45. The summed E-state index contributed by atoms with van der Waals surface area (Å²) < 4.78 is 30.3. The second-order valence-corrected chi connectivity index (χ2v) is 2.49. The fourth-order valence-electron chi connectivity index (χ4n) is 0.876. The molecule has 0 saturated heterocycles. The lowest BCUT2D eigenvalue weighted by atomic mass is 10.2. The SMILES string of the molecule is CC(=O)Oc1c(F)ccc(C=O)c1F. The summed E-state index contributed by atoms with van der Waals surface area (Å²) in [5.41, 5.74) is -0.359. The molecule has 0 fully saturated rings. The van der Waals surface area contributed by atoms with Crippen molar-refractivity contribution < 1.29 is 23.1 Å². The number of hydrogen-bond donors (Lipinski definition) is 0. The summed E-state index contributed by atoms with van der Waals surface area (Å²) in [6.07, 6.45) is 0.210. The van der Waals surface area contributed by atoms with E-state index in [9.17, 15) is 18.4 Å². The maximum absolute atomic E-state index is 13.1. The molecule has 0 bridgehead atoms. The zero-order valence-corrected chi connectivity index (χ0v) is 7.21. The van der Waals surface area contributed by atoms with Crippen LogP contribution in [0.5, 0.6) is 5.75 Å². The number of aldehydes is 1. The van der Waals surface area contributed by atoms with E-state index in [0.29, 0.717) is 0 Å². The molecule has 0 aromatic heterocycles. The number of ether oxygens (including phenoxy) is 1. The molecule has 74 valence electrons. The van der Waals surface area contributed by atoms with Crippen LogP contribution in [-0.2, 0) is 4.79 Å². The highest BCUT2D eigenvalue weighted by Gasteiger charge is 2.16. The Morgan fingerprint density at radius 2 is 2.07 bits per heavy atom. The van der Waals surface area contributed by atoms with E-state index >= 15 is 0 Å². The molecule has 0 N–H and O–H groups in total.